The summed E-state index contributed by atoms with van der Waals surface area (Å²) in [4.78, 5) is 0. The standard InChI is InChI=1S/C16H24O3/c1-18-14-11-7-10-13(16(14)19-2)15(17)12-8-5-3-4-6-9-12/h7,10-12,15,17H,3-6,8-9H2,1-2H3. The first kappa shape index (κ1) is 14.2. The quantitative estimate of drug-likeness (QED) is 0.843. The molecule has 106 valence electrons. The van der Waals surface area contributed by atoms with Crippen molar-refractivity contribution in [2.45, 2.75) is 44.6 Å². The molecule has 2 rings (SSSR count). The molecule has 1 saturated carbocycles. The molecule has 0 saturated heterocycles. The van der Waals surface area contributed by atoms with E-state index in [9.17, 15) is 5.11 Å². The minimum atomic E-state index is -0.455. The van der Waals surface area contributed by atoms with Gasteiger partial charge in [-0.2, -0.15) is 0 Å². The number of hydrogen-bond acceptors (Lipinski definition) is 3. The fraction of sp³-hybridized carbons (Fsp3) is 0.625. The highest BCUT2D eigenvalue weighted by atomic mass is 16.5. The third-order valence-electron chi connectivity index (χ3n) is 4.10. The number of ether oxygens (including phenoxy) is 2. The zero-order chi connectivity index (χ0) is 13.7. The Morgan fingerprint density at radius 1 is 1.05 bits per heavy atom. The molecule has 1 N–H and O–H groups in total. The van der Waals surface area contributed by atoms with Crippen LogP contribution in [-0.4, -0.2) is 19.3 Å². The number of aliphatic hydroxyl groups is 1. The fourth-order valence-corrected chi connectivity index (χ4v) is 3.03. The Kier molecular flexibility index (Phi) is 5.08. The van der Waals surface area contributed by atoms with Crippen LogP contribution in [0.4, 0.5) is 0 Å². The van der Waals surface area contributed by atoms with Crippen LogP contribution in [0.3, 0.4) is 0 Å². The second-order valence-electron chi connectivity index (χ2n) is 5.28. The molecule has 3 heteroatoms. The van der Waals surface area contributed by atoms with Gasteiger partial charge in [0, 0.05) is 5.56 Å². The molecule has 0 aliphatic heterocycles. The molecule has 1 unspecified atom stereocenters. The lowest BCUT2D eigenvalue weighted by atomic mass is 9.89. The maximum atomic E-state index is 10.7. The zero-order valence-electron chi connectivity index (χ0n) is 11.9. The summed E-state index contributed by atoms with van der Waals surface area (Å²) in [6.07, 6.45) is 6.75. The van der Waals surface area contributed by atoms with Crippen molar-refractivity contribution in [2.75, 3.05) is 14.2 Å². The van der Waals surface area contributed by atoms with Crippen LogP contribution in [-0.2, 0) is 0 Å². The molecule has 0 bridgehead atoms. The lowest BCUT2D eigenvalue weighted by Crippen LogP contribution is -2.13. The molecule has 1 fully saturated rings. The highest BCUT2D eigenvalue weighted by Crippen LogP contribution is 2.40. The number of rotatable bonds is 4. The lowest BCUT2D eigenvalue weighted by Gasteiger charge is -2.24. The van der Waals surface area contributed by atoms with Crippen LogP contribution >= 0.6 is 0 Å². The summed E-state index contributed by atoms with van der Waals surface area (Å²) < 4.78 is 10.7. The molecule has 1 aromatic rings. The van der Waals surface area contributed by atoms with Gasteiger partial charge in [0.2, 0.25) is 0 Å². The van der Waals surface area contributed by atoms with E-state index in [1.165, 1.54) is 25.7 Å². The number of benzene rings is 1. The van der Waals surface area contributed by atoms with E-state index >= 15 is 0 Å². The Balaban J connectivity index is 2.24. The van der Waals surface area contributed by atoms with Crippen molar-refractivity contribution in [3.63, 3.8) is 0 Å². The van der Waals surface area contributed by atoms with Gasteiger partial charge in [0.05, 0.1) is 20.3 Å². The van der Waals surface area contributed by atoms with Gasteiger partial charge in [-0.05, 0) is 24.8 Å². The number of aliphatic hydroxyl groups excluding tert-OH is 1. The van der Waals surface area contributed by atoms with E-state index in [1.807, 2.05) is 18.2 Å². The van der Waals surface area contributed by atoms with Gasteiger partial charge < -0.3 is 14.6 Å². The van der Waals surface area contributed by atoms with Gasteiger partial charge in [-0.25, -0.2) is 0 Å². The molecular weight excluding hydrogens is 240 g/mol. The molecule has 0 aromatic heterocycles. The molecule has 19 heavy (non-hydrogen) atoms. The fourth-order valence-electron chi connectivity index (χ4n) is 3.03. The largest absolute Gasteiger partial charge is 0.493 e. The van der Waals surface area contributed by atoms with Crippen LogP contribution in [0.5, 0.6) is 11.5 Å². The second kappa shape index (κ2) is 6.80. The van der Waals surface area contributed by atoms with Crippen molar-refractivity contribution < 1.29 is 14.6 Å². The maximum absolute atomic E-state index is 10.7. The predicted octanol–water partition coefficient (Wildman–Crippen LogP) is 3.71. The van der Waals surface area contributed by atoms with E-state index in [4.69, 9.17) is 9.47 Å². The molecule has 0 amide bonds. The first-order valence-corrected chi connectivity index (χ1v) is 7.17. The van der Waals surface area contributed by atoms with Crippen LogP contribution < -0.4 is 9.47 Å². The second-order valence-corrected chi connectivity index (χ2v) is 5.28. The molecule has 0 heterocycles. The van der Waals surface area contributed by atoms with Gasteiger partial charge in [-0.15, -0.1) is 0 Å². The van der Waals surface area contributed by atoms with Crippen LogP contribution in [0.15, 0.2) is 18.2 Å². The minimum absolute atomic E-state index is 0.337. The molecule has 1 aliphatic rings. The summed E-state index contributed by atoms with van der Waals surface area (Å²) in [7, 11) is 3.25. The Morgan fingerprint density at radius 3 is 2.32 bits per heavy atom. The topological polar surface area (TPSA) is 38.7 Å². The molecule has 1 aliphatic carbocycles. The molecule has 1 aromatic carbocycles. The van der Waals surface area contributed by atoms with Crippen LogP contribution in [0.2, 0.25) is 0 Å². The zero-order valence-corrected chi connectivity index (χ0v) is 11.9. The van der Waals surface area contributed by atoms with Crippen molar-refractivity contribution in [1.82, 2.24) is 0 Å². The average Bonchev–Trinajstić information content (AvgIpc) is 2.74. The lowest BCUT2D eigenvalue weighted by molar-refractivity contribution is 0.0956. The van der Waals surface area contributed by atoms with Crippen molar-refractivity contribution in [1.29, 1.82) is 0 Å². The van der Waals surface area contributed by atoms with Crippen LogP contribution in [0, 0.1) is 5.92 Å². The number of hydrogen-bond donors (Lipinski definition) is 1. The van der Waals surface area contributed by atoms with Crippen LogP contribution in [0.25, 0.3) is 0 Å². The first-order chi connectivity index (χ1) is 9.27. The monoisotopic (exact) mass is 264 g/mol. The molecule has 0 radical (unpaired) electrons. The molecule has 3 nitrogen and oxygen atoms in total. The summed E-state index contributed by atoms with van der Waals surface area (Å²) in [5, 5.41) is 10.7. The van der Waals surface area contributed by atoms with Gasteiger partial charge in [-0.1, -0.05) is 37.8 Å². The van der Waals surface area contributed by atoms with Gasteiger partial charge in [-0.3, -0.25) is 0 Å². The van der Waals surface area contributed by atoms with E-state index in [1.54, 1.807) is 14.2 Å². The molecule has 1 atom stereocenters. The summed E-state index contributed by atoms with van der Waals surface area (Å²) in [5.74, 6) is 1.69. The highest BCUT2D eigenvalue weighted by Gasteiger charge is 2.25. The van der Waals surface area contributed by atoms with E-state index in [2.05, 4.69) is 0 Å². The van der Waals surface area contributed by atoms with E-state index in [0.29, 0.717) is 17.4 Å². The van der Waals surface area contributed by atoms with Crippen LogP contribution in [0.1, 0.15) is 50.2 Å². The Morgan fingerprint density at radius 2 is 1.74 bits per heavy atom. The van der Waals surface area contributed by atoms with Gasteiger partial charge in [0.25, 0.3) is 0 Å². The van der Waals surface area contributed by atoms with Gasteiger partial charge >= 0.3 is 0 Å². The SMILES string of the molecule is COc1cccc(C(O)C2CCCCCC2)c1OC. The van der Waals surface area contributed by atoms with Gasteiger partial charge in [0.15, 0.2) is 11.5 Å². The Labute approximate surface area is 115 Å². The number of methoxy groups -OCH3 is 2. The van der Waals surface area contributed by atoms with Crippen molar-refractivity contribution >= 4 is 0 Å². The smallest absolute Gasteiger partial charge is 0.166 e. The van der Waals surface area contributed by atoms with Gasteiger partial charge in [0.1, 0.15) is 0 Å². The van der Waals surface area contributed by atoms with Crippen molar-refractivity contribution in [2.24, 2.45) is 5.92 Å². The normalized spacial score (nSPS) is 18.7. The minimum Gasteiger partial charge on any atom is -0.493 e. The molecule has 0 spiro atoms. The maximum Gasteiger partial charge on any atom is 0.166 e. The van der Waals surface area contributed by atoms with Crippen molar-refractivity contribution in [3.05, 3.63) is 23.8 Å². The Bertz CT molecular complexity index is 395. The Hall–Kier alpha value is -1.22. The molecular formula is C16H24O3. The average molecular weight is 264 g/mol. The summed E-state index contributed by atoms with van der Waals surface area (Å²) in [6, 6.07) is 5.72. The van der Waals surface area contributed by atoms with E-state index in [-0.39, 0.29) is 0 Å². The highest BCUT2D eigenvalue weighted by molar-refractivity contribution is 5.47. The summed E-state index contributed by atoms with van der Waals surface area (Å²) in [6.45, 7) is 0. The summed E-state index contributed by atoms with van der Waals surface area (Å²) in [5.41, 5.74) is 0.855. The third kappa shape index (κ3) is 3.21. The third-order valence-corrected chi connectivity index (χ3v) is 4.10. The number of para-hydroxylation sites is 1. The predicted molar refractivity (Wildman–Crippen MR) is 75.7 cm³/mol. The summed E-state index contributed by atoms with van der Waals surface area (Å²) >= 11 is 0. The van der Waals surface area contributed by atoms with E-state index < -0.39 is 6.10 Å². The van der Waals surface area contributed by atoms with E-state index in [0.717, 1.165) is 18.4 Å². The van der Waals surface area contributed by atoms with Crippen molar-refractivity contribution in [3.8, 4) is 11.5 Å². The first-order valence-electron chi connectivity index (χ1n) is 7.17.